The highest BCUT2D eigenvalue weighted by Crippen LogP contribution is 2.32. The topological polar surface area (TPSA) is 110 Å². The Morgan fingerprint density at radius 3 is 2.42 bits per heavy atom. The second-order valence-electron chi connectivity index (χ2n) is 7.00. The van der Waals surface area contributed by atoms with E-state index in [0.717, 1.165) is 30.0 Å². The third-order valence-corrected chi connectivity index (χ3v) is 6.79. The molecule has 0 atom stereocenters. The molecule has 0 aromatic heterocycles. The number of rotatable bonds is 3. The Balaban J connectivity index is 0.00000243. The Hall–Kier alpha value is -1.64. The molecule has 1 aromatic carbocycles. The highest BCUT2D eigenvalue weighted by atomic mass is 35.5. The Morgan fingerprint density at radius 2 is 1.85 bits per heavy atom. The molecule has 1 aliphatic heterocycles. The molecule has 0 unspecified atom stereocenters. The number of fused-ring (bicyclic) bond motifs is 1. The van der Waals surface area contributed by atoms with Gasteiger partial charge in [0.25, 0.3) is 21.8 Å². The first kappa shape index (κ1) is 20.7. The summed E-state index contributed by atoms with van der Waals surface area (Å²) < 4.78 is 26.1. The summed E-state index contributed by atoms with van der Waals surface area (Å²) in [6.07, 6.45) is 3.36. The Labute approximate surface area is 159 Å². The van der Waals surface area contributed by atoms with Crippen molar-refractivity contribution < 1.29 is 18.0 Å². The number of amides is 2. The summed E-state index contributed by atoms with van der Waals surface area (Å²) in [6, 6.07) is 3.98. The van der Waals surface area contributed by atoms with Crippen molar-refractivity contribution in [3.63, 3.8) is 0 Å². The van der Waals surface area contributed by atoms with E-state index in [1.165, 1.54) is 18.2 Å². The molecule has 2 aliphatic rings. The van der Waals surface area contributed by atoms with E-state index < -0.39 is 22.0 Å². The van der Waals surface area contributed by atoms with Crippen molar-refractivity contribution >= 4 is 34.2 Å². The second-order valence-corrected chi connectivity index (χ2v) is 8.78. The van der Waals surface area contributed by atoms with Crippen LogP contribution in [0, 0.1) is 0 Å². The number of halogens is 1. The minimum absolute atomic E-state index is 0. The van der Waals surface area contributed by atoms with Crippen LogP contribution in [0.15, 0.2) is 23.1 Å². The maximum Gasteiger partial charge on any atom is 0.269 e. The average molecular weight is 402 g/mol. The monoisotopic (exact) mass is 401 g/mol. The molecule has 1 fully saturated rings. The number of nitrogens with one attached hydrogen (secondary N) is 1. The maximum atomic E-state index is 12.6. The molecule has 3 rings (SSSR count). The lowest BCUT2D eigenvalue weighted by Crippen LogP contribution is -2.40. The van der Waals surface area contributed by atoms with Crippen molar-refractivity contribution in [2.24, 2.45) is 5.73 Å². The van der Waals surface area contributed by atoms with Crippen LogP contribution in [0.2, 0.25) is 0 Å². The van der Waals surface area contributed by atoms with Gasteiger partial charge in [0.15, 0.2) is 0 Å². The number of hydrogen-bond donors (Lipinski definition) is 2. The average Bonchev–Trinajstić information content (AvgIpc) is 2.75. The van der Waals surface area contributed by atoms with Crippen LogP contribution in [0.3, 0.4) is 0 Å². The quantitative estimate of drug-likeness (QED) is 0.800. The van der Waals surface area contributed by atoms with Crippen molar-refractivity contribution in [3.8, 4) is 0 Å². The molecule has 1 heterocycles. The second kappa shape index (κ2) is 7.54. The summed E-state index contributed by atoms with van der Waals surface area (Å²) in [5.74, 6) is -0.868. The summed E-state index contributed by atoms with van der Waals surface area (Å²) in [5, 5.41) is 2.93. The van der Waals surface area contributed by atoms with Crippen LogP contribution in [-0.4, -0.2) is 42.7 Å². The smallest absolute Gasteiger partial charge is 0.269 e. The number of carbonyl (C=O) groups is 2. The molecule has 0 saturated heterocycles. The summed E-state index contributed by atoms with van der Waals surface area (Å²) in [4.78, 5) is 24.7. The number of nitrogens with two attached hydrogens (primary N) is 1. The van der Waals surface area contributed by atoms with Gasteiger partial charge in [-0.2, -0.15) is 0 Å². The molecule has 0 spiro atoms. The molecule has 3 N–H and O–H groups in total. The van der Waals surface area contributed by atoms with Gasteiger partial charge in [-0.05, 0) is 57.7 Å². The molecule has 1 saturated carbocycles. The van der Waals surface area contributed by atoms with Gasteiger partial charge in [0.2, 0.25) is 0 Å². The number of carbonyl (C=O) groups excluding carboxylic acids is 2. The van der Waals surface area contributed by atoms with Crippen LogP contribution in [0.25, 0.3) is 0 Å². The van der Waals surface area contributed by atoms with E-state index >= 15 is 0 Å². The highest BCUT2D eigenvalue weighted by Gasteiger charge is 2.43. The van der Waals surface area contributed by atoms with Gasteiger partial charge in [-0.25, -0.2) is 12.7 Å². The van der Waals surface area contributed by atoms with Gasteiger partial charge in [0.05, 0.1) is 5.56 Å². The zero-order chi connectivity index (χ0) is 18.4. The van der Waals surface area contributed by atoms with Crippen LogP contribution in [-0.2, 0) is 10.0 Å². The van der Waals surface area contributed by atoms with Gasteiger partial charge >= 0.3 is 0 Å². The standard InChI is InChI=1S/C17H23N3O4S.ClH/c1-10(2)20-17(22)14-8-3-11(9-15(14)25(20,23)24)16(21)19-13-6-4-12(18)5-7-13;/h3,8-10,12-13H,4-7,18H2,1-2H3,(H,19,21);1H. The Morgan fingerprint density at radius 1 is 1.23 bits per heavy atom. The third-order valence-electron chi connectivity index (χ3n) is 4.79. The van der Waals surface area contributed by atoms with Crippen LogP contribution in [0.1, 0.15) is 60.2 Å². The lowest BCUT2D eigenvalue weighted by molar-refractivity contribution is 0.0845. The van der Waals surface area contributed by atoms with Crippen molar-refractivity contribution in [1.82, 2.24) is 9.62 Å². The predicted molar refractivity (Wildman–Crippen MR) is 99.9 cm³/mol. The fraction of sp³-hybridized carbons (Fsp3) is 0.529. The fourth-order valence-electron chi connectivity index (χ4n) is 3.43. The van der Waals surface area contributed by atoms with Crippen LogP contribution in [0.5, 0.6) is 0 Å². The maximum absolute atomic E-state index is 12.6. The highest BCUT2D eigenvalue weighted by molar-refractivity contribution is 7.90. The van der Waals surface area contributed by atoms with Crippen molar-refractivity contribution in [1.29, 1.82) is 0 Å². The van der Waals surface area contributed by atoms with Gasteiger partial charge in [-0.1, -0.05) is 0 Å². The molecule has 9 heteroatoms. The SMILES string of the molecule is CC(C)N1C(=O)c2ccc(C(=O)NC3CCC(N)CC3)cc2S1(=O)=O.Cl. The van der Waals surface area contributed by atoms with E-state index in [-0.39, 0.29) is 46.4 Å². The van der Waals surface area contributed by atoms with Gasteiger partial charge in [0.1, 0.15) is 4.90 Å². The van der Waals surface area contributed by atoms with E-state index in [1.54, 1.807) is 13.8 Å². The molecule has 1 aromatic rings. The van der Waals surface area contributed by atoms with Gasteiger partial charge in [-0.15, -0.1) is 12.4 Å². The van der Waals surface area contributed by atoms with Gasteiger partial charge in [-0.3, -0.25) is 9.59 Å². The number of benzene rings is 1. The normalized spacial score (nSPS) is 24.2. The summed E-state index contributed by atoms with van der Waals surface area (Å²) in [7, 11) is -3.90. The minimum Gasteiger partial charge on any atom is -0.349 e. The molecule has 26 heavy (non-hydrogen) atoms. The largest absolute Gasteiger partial charge is 0.349 e. The van der Waals surface area contributed by atoms with E-state index in [0.29, 0.717) is 0 Å². The van der Waals surface area contributed by atoms with Gasteiger partial charge < -0.3 is 11.1 Å². The first-order chi connectivity index (χ1) is 11.7. The van der Waals surface area contributed by atoms with Crippen LogP contribution >= 0.6 is 12.4 Å². The number of hydrogen-bond acceptors (Lipinski definition) is 5. The summed E-state index contributed by atoms with van der Waals surface area (Å²) in [6.45, 7) is 3.28. The number of nitrogens with zero attached hydrogens (tertiary/aromatic N) is 1. The first-order valence-corrected chi connectivity index (χ1v) is 9.95. The molecule has 144 valence electrons. The Bertz CT molecular complexity index is 817. The number of sulfonamides is 1. The zero-order valence-electron chi connectivity index (χ0n) is 14.8. The van der Waals surface area contributed by atoms with Crippen molar-refractivity contribution in [2.75, 3.05) is 0 Å². The molecule has 0 radical (unpaired) electrons. The van der Waals surface area contributed by atoms with E-state index in [1.807, 2.05) is 0 Å². The van der Waals surface area contributed by atoms with Crippen LogP contribution in [0.4, 0.5) is 0 Å². The van der Waals surface area contributed by atoms with Crippen LogP contribution < -0.4 is 11.1 Å². The lowest BCUT2D eigenvalue weighted by Gasteiger charge is -2.26. The molecule has 2 amide bonds. The molecule has 1 aliphatic carbocycles. The molecular weight excluding hydrogens is 378 g/mol. The molecule has 7 nitrogen and oxygen atoms in total. The van der Waals surface area contributed by atoms with E-state index in [4.69, 9.17) is 5.73 Å². The summed E-state index contributed by atoms with van der Waals surface area (Å²) >= 11 is 0. The van der Waals surface area contributed by atoms with E-state index in [9.17, 15) is 18.0 Å². The van der Waals surface area contributed by atoms with Crippen molar-refractivity contribution in [2.45, 2.75) is 62.6 Å². The third kappa shape index (κ3) is 3.58. The zero-order valence-corrected chi connectivity index (χ0v) is 16.4. The minimum atomic E-state index is -3.90. The van der Waals surface area contributed by atoms with Gasteiger partial charge in [0, 0.05) is 23.7 Å². The van der Waals surface area contributed by atoms with E-state index in [2.05, 4.69) is 5.32 Å². The summed E-state index contributed by atoms with van der Waals surface area (Å²) in [5.41, 5.74) is 6.23. The lowest BCUT2D eigenvalue weighted by atomic mass is 9.91. The fourth-order valence-corrected chi connectivity index (χ4v) is 5.22. The van der Waals surface area contributed by atoms with Crippen molar-refractivity contribution in [3.05, 3.63) is 29.3 Å². The first-order valence-electron chi connectivity index (χ1n) is 8.51. The Kier molecular flexibility index (Phi) is 5.99. The molecule has 0 bridgehead atoms. The predicted octanol–water partition coefficient (Wildman–Crippen LogP) is 1.66. The molecular formula is C17H24ClN3O4S.